The molecule has 0 radical (unpaired) electrons. The van der Waals surface area contributed by atoms with Gasteiger partial charge in [-0.2, -0.15) is 0 Å². The molecule has 0 spiro atoms. The number of hydrogen-bond donors (Lipinski definition) is 0. The molecule has 0 atom stereocenters. The van der Waals surface area contributed by atoms with E-state index < -0.39 is 0 Å². The molecule has 0 N–H and O–H groups in total. The van der Waals surface area contributed by atoms with Crippen molar-refractivity contribution in [1.29, 1.82) is 0 Å². The quantitative estimate of drug-likeness (QED) is 0.642. The molecule has 0 heterocycles. The molecule has 0 aromatic rings. The number of unbranched alkanes of at least 4 members (excludes halogenated alkanes) is 1. The van der Waals surface area contributed by atoms with Crippen molar-refractivity contribution in [2.45, 2.75) is 39.7 Å². The van der Waals surface area contributed by atoms with Crippen molar-refractivity contribution >= 4 is 0 Å². The Kier molecular flexibility index (Phi) is 12.3. The Morgan fingerprint density at radius 2 is 1.89 bits per heavy atom. The van der Waals surface area contributed by atoms with Gasteiger partial charge in [-0.1, -0.05) is 13.3 Å². The van der Waals surface area contributed by atoms with Crippen molar-refractivity contribution in [3.05, 3.63) is 0 Å². The minimum atomic E-state index is 0. The van der Waals surface area contributed by atoms with Gasteiger partial charge in [0.15, 0.2) is 0 Å². The van der Waals surface area contributed by atoms with E-state index in [1.54, 1.807) is 0 Å². The predicted octanol–water partition coefficient (Wildman–Crippen LogP) is 2.21. The van der Waals surface area contributed by atoms with Crippen LogP contribution in [0.5, 0.6) is 0 Å². The zero-order chi connectivity index (χ0) is 6.41. The second kappa shape index (κ2) is 8.84. The van der Waals surface area contributed by atoms with Crippen LogP contribution >= 0.6 is 0 Å². The molecule has 0 saturated heterocycles. The third kappa shape index (κ3) is 12.1. The summed E-state index contributed by atoms with van der Waals surface area (Å²) in [6.45, 7) is 7.23. The Hall–Kier alpha value is 0.843. The van der Waals surface area contributed by atoms with Crippen LogP contribution in [0.15, 0.2) is 0 Å². The van der Waals surface area contributed by atoms with Gasteiger partial charge in [-0.05, 0) is 20.3 Å². The minimum Gasteiger partial charge on any atom is -0.379 e. The van der Waals surface area contributed by atoms with E-state index in [4.69, 9.17) is 4.74 Å². The fraction of sp³-hybridized carbons (Fsp3) is 1.00. The maximum absolute atomic E-state index is 5.28. The van der Waals surface area contributed by atoms with E-state index in [2.05, 4.69) is 20.8 Å². The van der Waals surface area contributed by atoms with Crippen LogP contribution in [0.1, 0.15) is 33.6 Å². The van der Waals surface area contributed by atoms with E-state index in [1.807, 2.05) is 0 Å². The first-order chi connectivity index (χ1) is 3.77. The molecule has 0 aromatic heterocycles. The van der Waals surface area contributed by atoms with Gasteiger partial charge in [0.05, 0.1) is 6.10 Å². The third-order valence-electron chi connectivity index (χ3n) is 0.949. The van der Waals surface area contributed by atoms with Crippen molar-refractivity contribution in [3.63, 3.8) is 0 Å². The summed E-state index contributed by atoms with van der Waals surface area (Å²) in [7, 11) is 0. The normalized spacial score (nSPS) is 9.33. The summed E-state index contributed by atoms with van der Waals surface area (Å²) in [5.74, 6) is 0. The molecule has 0 aromatic carbocycles. The van der Waals surface area contributed by atoms with Crippen LogP contribution in [0, 0.1) is 0 Å². The molecule has 9 heavy (non-hydrogen) atoms. The van der Waals surface area contributed by atoms with Crippen molar-refractivity contribution in [1.82, 2.24) is 0 Å². The topological polar surface area (TPSA) is 9.23 Å². The molecule has 0 fully saturated rings. The van der Waals surface area contributed by atoms with Gasteiger partial charge in [-0.3, -0.25) is 0 Å². The third-order valence-corrected chi connectivity index (χ3v) is 0.949. The Labute approximate surface area is 77.3 Å². The van der Waals surface area contributed by atoms with Crippen LogP contribution in [0.25, 0.3) is 0 Å². The maximum Gasteiger partial charge on any atom is 0.0518 e. The first-order valence-corrected chi connectivity index (χ1v) is 3.39. The number of rotatable bonds is 4. The largest absolute Gasteiger partial charge is 0.379 e. The molecule has 0 aliphatic heterocycles. The summed E-state index contributed by atoms with van der Waals surface area (Å²) in [6, 6.07) is 0. The maximum atomic E-state index is 5.28. The van der Waals surface area contributed by atoms with E-state index >= 15 is 0 Å². The number of ether oxygens (including phenoxy) is 1. The van der Waals surface area contributed by atoms with E-state index in [0.717, 1.165) is 6.61 Å². The molecule has 2 heteroatoms. The summed E-state index contributed by atoms with van der Waals surface area (Å²) in [4.78, 5) is 0. The zero-order valence-corrected chi connectivity index (χ0v) is 9.06. The van der Waals surface area contributed by atoms with Gasteiger partial charge in [0.1, 0.15) is 0 Å². The zero-order valence-electron chi connectivity index (χ0n) is 6.61. The molecule has 0 amide bonds. The van der Waals surface area contributed by atoms with Gasteiger partial charge in [-0.15, -0.1) is 0 Å². The average Bonchev–Trinajstić information content (AvgIpc) is 1.66. The van der Waals surface area contributed by atoms with Crippen molar-refractivity contribution in [3.8, 4) is 0 Å². The van der Waals surface area contributed by atoms with Crippen LogP contribution in [0.4, 0.5) is 0 Å². The van der Waals surface area contributed by atoms with Crippen LogP contribution in [-0.4, -0.2) is 12.7 Å². The monoisotopic (exact) mass is 206 g/mol. The predicted molar refractivity (Wildman–Crippen MR) is 36.0 cm³/mol. The Morgan fingerprint density at radius 1 is 1.33 bits per heavy atom. The second-order valence-corrected chi connectivity index (χ2v) is 2.27. The second-order valence-electron chi connectivity index (χ2n) is 2.27. The first-order valence-electron chi connectivity index (χ1n) is 3.39. The van der Waals surface area contributed by atoms with Gasteiger partial charge in [-0.25, -0.2) is 0 Å². The Balaban J connectivity index is 0. The van der Waals surface area contributed by atoms with Gasteiger partial charge in [0, 0.05) is 32.8 Å². The fourth-order valence-electron chi connectivity index (χ4n) is 0.463. The fourth-order valence-corrected chi connectivity index (χ4v) is 0.463. The molecule has 0 unspecified atom stereocenters. The molecular weight excluding hydrogens is 191 g/mol. The van der Waals surface area contributed by atoms with Crippen LogP contribution in [0.2, 0.25) is 0 Å². The Morgan fingerprint density at radius 3 is 2.22 bits per heavy atom. The van der Waals surface area contributed by atoms with Crippen molar-refractivity contribution in [2.24, 2.45) is 0 Å². The molecule has 1 nitrogen and oxygen atoms in total. The van der Waals surface area contributed by atoms with E-state index in [-0.39, 0.29) is 26.2 Å². The molecule has 54 valence electrons. The van der Waals surface area contributed by atoms with Crippen molar-refractivity contribution < 1.29 is 30.9 Å². The van der Waals surface area contributed by atoms with Gasteiger partial charge in [0.2, 0.25) is 0 Å². The standard InChI is InChI=1S/C7H16O.Zr/c1-4-5-6-8-7(2)3;/h7H,4-6H2,1-3H3;. The van der Waals surface area contributed by atoms with Gasteiger partial charge in [0.25, 0.3) is 0 Å². The van der Waals surface area contributed by atoms with Gasteiger partial charge < -0.3 is 4.74 Å². The SMILES string of the molecule is CCCCOC(C)C.[Zr]. The summed E-state index contributed by atoms with van der Waals surface area (Å²) in [5, 5.41) is 0. The van der Waals surface area contributed by atoms with E-state index in [1.165, 1.54) is 12.8 Å². The molecule has 0 aliphatic carbocycles. The molecule has 0 bridgehead atoms. The van der Waals surface area contributed by atoms with E-state index in [9.17, 15) is 0 Å². The summed E-state index contributed by atoms with van der Waals surface area (Å²) in [5.41, 5.74) is 0. The average molecular weight is 207 g/mol. The smallest absolute Gasteiger partial charge is 0.0518 e. The summed E-state index contributed by atoms with van der Waals surface area (Å²) in [6.07, 6.45) is 2.83. The number of hydrogen-bond acceptors (Lipinski definition) is 1. The Bertz CT molecular complexity index is 46.2. The summed E-state index contributed by atoms with van der Waals surface area (Å²) >= 11 is 0. The molecular formula is C7H16OZr. The summed E-state index contributed by atoms with van der Waals surface area (Å²) < 4.78 is 5.28. The molecule has 0 rings (SSSR count). The van der Waals surface area contributed by atoms with Gasteiger partial charge >= 0.3 is 0 Å². The van der Waals surface area contributed by atoms with Crippen LogP contribution in [0.3, 0.4) is 0 Å². The molecule has 0 aliphatic rings. The van der Waals surface area contributed by atoms with Crippen molar-refractivity contribution in [2.75, 3.05) is 6.61 Å². The first kappa shape index (κ1) is 12.5. The van der Waals surface area contributed by atoms with Crippen LogP contribution in [-0.2, 0) is 30.9 Å². The van der Waals surface area contributed by atoms with Crippen LogP contribution < -0.4 is 0 Å². The van der Waals surface area contributed by atoms with E-state index in [0.29, 0.717) is 6.10 Å². The molecule has 0 saturated carbocycles. The minimum absolute atomic E-state index is 0.